The molecule has 28 heavy (non-hydrogen) atoms. The maximum absolute atomic E-state index is 13.6. The van der Waals surface area contributed by atoms with Crippen LogP contribution in [0.1, 0.15) is 24.5 Å². The minimum Gasteiger partial charge on any atom is -0.464 e. The summed E-state index contributed by atoms with van der Waals surface area (Å²) in [5.74, 6) is -0.247. The van der Waals surface area contributed by atoms with Gasteiger partial charge < -0.3 is 9.32 Å². The van der Waals surface area contributed by atoms with E-state index in [4.69, 9.17) is 4.42 Å². The van der Waals surface area contributed by atoms with Crippen LogP contribution in [-0.4, -0.2) is 11.9 Å². The number of fused-ring (bicyclic) bond motifs is 4. The van der Waals surface area contributed by atoms with Gasteiger partial charge in [-0.15, -0.1) is 0 Å². The monoisotopic (exact) mass is 373 g/mol. The SMILES string of the molecule is CC1CCc2cc(F)ccc2N1C(=O)Cc1coc2ccc3ccccc3c12. The summed E-state index contributed by atoms with van der Waals surface area (Å²) in [7, 11) is 0. The molecular weight excluding hydrogens is 353 g/mol. The number of nitrogens with zero attached hydrogens (tertiary/aromatic N) is 1. The zero-order valence-corrected chi connectivity index (χ0v) is 15.6. The molecule has 0 N–H and O–H groups in total. The predicted molar refractivity (Wildman–Crippen MR) is 109 cm³/mol. The first-order chi connectivity index (χ1) is 13.6. The lowest BCUT2D eigenvalue weighted by molar-refractivity contribution is -0.118. The van der Waals surface area contributed by atoms with Gasteiger partial charge in [0.05, 0.1) is 12.7 Å². The van der Waals surface area contributed by atoms with Crippen LogP contribution in [0.15, 0.2) is 65.3 Å². The molecule has 1 aliphatic rings. The fourth-order valence-electron chi connectivity index (χ4n) is 4.35. The van der Waals surface area contributed by atoms with E-state index in [1.807, 2.05) is 36.1 Å². The van der Waals surface area contributed by atoms with Gasteiger partial charge in [-0.05, 0) is 60.4 Å². The highest BCUT2D eigenvalue weighted by Crippen LogP contribution is 2.34. The van der Waals surface area contributed by atoms with Crippen molar-refractivity contribution in [1.29, 1.82) is 0 Å². The average molecular weight is 373 g/mol. The second kappa shape index (κ2) is 6.48. The van der Waals surface area contributed by atoms with Crippen molar-refractivity contribution in [3.8, 4) is 0 Å². The lowest BCUT2D eigenvalue weighted by Gasteiger charge is -2.35. The van der Waals surface area contributed by atoms with Gasteiger partial charge in [0.1, 0.15) is 11.4 Å². The lowest BCUT2D eigenvalue weighted by atomic mass is 9.95. The number of hydrogen-bond acceptors (Lipinski definition) is 2. The van der Waals surface area contributed by atoms with Crippen molar-refractivity contribution in [2.75, 3.05) is 4.90 Å². The maximum atomic E-state index is 13.6. The zero-order valence-electron chi connectivity index (χ0n) is 15.6. The Balaban J connectivity index is 1.55. The predicted octanol–water partition coefficient (Wildman–Crippen LogP) is 5.64. The second-order valence-corrected chi connectivity index (χ2v) is 7.52. The van der Waals surface area contributed by atoms with Crippen molar-refractivity contribution in [2.45, 2.75) is 32.2 Å². The summed E-state index contributed by atoms with van der Waals surface area (Å²) >= 11 is 0. The molecule has 4 aromatic rings. The number of halogens is 1. The van der Waals surface area contributed by atoms with Crippen LogP contribution in [0.4, 0.5) is 10.1 Å². The lowest BCUT2D eigenvalue weighted by Crippen LogP contribution is -2.43. The highest BCUT2D eigenvalue weighted by Gasteiger charge is 2.29. The Morgan fingerprint density at radius 2 is 2.04 bits per heavy atom. The molecule has 5 rings (SSSR count). The number of aryl methyl sites for hydroxylation is 1. The molecule has 0 fully saturated rings. The molecule has 0 radical (unpaired) electrons. The Bertz CT molecular complexity index is 1210. The van der Waals surface area contributed by atoms with Gasteiger partial charge in [0, 0.05) is 22.7 Å². The third-order valence-corrected chi connectivity index (χ3v) is 5.72. The molecule has 0 spiro atoms. The smallest absolute Gasteiger partial charge is 0.231 e. The van der Waals surface area contributed by atoms with E-state index in [0.717, 1.165) is 51.4 Å². The van der Waals surface area contributed by atoms with E-state index in [-0.39, 0.29) is 24.2 Å². The number of hydrogen-bond donors (Lipinski definition) is 0. The summed E-state index contributed by atoms with van der Waals surface area (Å²) in [5, 5.41) is 3.21. The van der Waals surface area contributed by atoms with Crippen molar-refractivity contribution in [3.05, 3.63) is 77.8 Å². The zero-order chi connectivity index (χ0) is 19.3. The summed E-state index contributed by atoms with van der Waals surface area (Å²) in [6.45, 7) is 2.05. The minimum absolute atomic E-state index is 0.00990. The third kappa shape index (κ3) is 2.68. The van der Waals surface area contributed by atoms with Crippen molar-refractivity contribution in [3.63, 3.8) is 0 Å². The van der Waals surface area contributed by atoms with Crippen molar-refractivity contribution in [1.82, 2.24) is 0 Å². The Morgan fingerprint density at radius 1 is 1.18 bits per heavy atom. The van der Waals surface area contributed by atoms with Crippen LogP contribution in [0, 0.1) is 5.82 Å². The Kier molecular flexibility index (Phi) is 3.93. The van der Waals surface area contributed by atoms with Crippen LogP contribution < -0.4 is 4.90 Å². The van der Waals surface area contributed by atoms with Crippen LogP contribution in [-0.2, 0) is 17.6 Å². The van der Waals surface area contributed by atoms with Gasteiger partial charge >= 0.3 is 0 Å². The molecule has 1 unspecified atom stereocenters. The van der Waals surface area contributed by atoms with Crippen LogP contribution in [0.25, 0.3) is 21.7 Å². The highest BCUT2D eigenvalue weighted by molar-refractivity contribution is 6.09. The molecule has 0 aliphatic carbocycles. The van der Waals surface area contributed by atoms with Crippen LogP contribution in [0.3, 0.4) is 0 Å². The van der Waals surface area contributed by atoms with E-state index >= 15 is 0 Å². The summed E-state index contributed by atoms with van der Waals surface area (Å²) in [6, 6.07) is 16.9. The normalized spacial score (nSPS) is 16.5. The molecule has 3 nitrogen and oxygen atoms in total. The molecule has 1 atom stereocenters. The Labute approximate surface area is 162 Å². The molecule has 3 aromatic carbocycles. The van der Waals surface area contributed by atoms with Crippen LogP contribution in [0.2, 0.25) is 0 Å². The van der Waals surface area contributed by atoms with Gasteiger partial charge in [-0.2, -0.15) is 0 Å². The van der Waals surface area contributed by atoms with Crippen molar-refractivity contribution >= 4 is 33.3 Å². The molecule has 140 valence electrons. The van der Waals surface area contributed by atoms with Gasteiger partial charge in [-0.1, -0.05) is 30.3 Å². The van der Waals surface area contributed by atoms with Gasteiger partial charge in [0.15, 0.2) is 0 Å². The van der Waals surface area contributed by atoms with Crippen molar-refractivity contribution in [2.24, 2.45) is 0 Å². The topological polar surface area (TPSA) is 33.5 Å². The van der Waals surface area contributed by atoms with Gasteiger partial charge in [0.2, 0.25) is 5.91 Å². The van der Waals surface area contributed by atoms with E-state index in [0.29, 0.717) is 0 Å². The first-order valence-corrected chi connectivity index (χ1v) is 9.60. The summed E-state index contributed by atoms with van der Waals surface area (Å²) in [6.07, 6.45) is 3.56. The molecule has 1 aliphatic heterocycles. The fourth-order valence-corrected chi connectivity index (χ4v) is 4.35. The molecular formula is C24H20FNO2. The van der Waals surface area contributed by atoms with Crippen LogP contribution >= 0.6 is 0 Å². The number of furan rings is 1. The molecule has 0 saturated carbocycles. The van der Waals surface area contributed by atoms with Gasteiger partial charge in [0.25, 0.3) is 0 Å². The van der Waals surface area contributed by atoms with E-state index < -0.39 is 0 Å². The Morgan fingerprint density at radius 3 is 2.93 bits per heavy atom. The third-order valence-electron chi connectivity index (χ3n) is 5.72. The number of benzene rings is 3. The van der Waals surface area contributed by atoms with Gasteiger partial charge in [-0.25, -0.2) is 4.39 Å². The maximum Gasteiger partial charge on any atom is 0.231 e. The number of rotatable bonds is 2. The summed E-state index contributed by atoms with van der Waals surface area (Å²) in [4.78, 5) is 15.1. The Hall–Kier alpha value is -3.14. The highest BCUT2D eigenvalue weighted by atomic mass is 19.1. The van der Waals surface area contributed by atoms with E-state index in [1.165, 1.54) is 6.07 Å². The first kappa shape index (κ1) is 17.0. The molecule has 2 heterocycles. The number of anilines is 1. The number of carbonyl (C=O) groups excluding carboxylic acids is 1. The number of carbonyl (C=O) groups is 1. The van der Waals surface area contributed by atoms with E-state index in [2.05, 4.69) is 12.1 Å². The van der Waals surface area contributed by atoms with E-state index in [1.54, 1.807) is 18.4 Å². The average Bonchev–Trinajstić information content (AvgIpc) is 3.11. The summed E-state index contributed by atoms with van der Waals surface area (Å²) in [5.41, 5.74) is 3.39. The summed E-state index contributed by atoms with van der Waals surface area (Å²) < 4.78 is 19.4. The fraction of sp³-hybridized carbons (Fsp3) is 0.208. The van der Waals surface area contributed by atoms with Crippen LogP contribution in [0.5, 0.6) is 0 Å². The largest absolute Gasteiger partial charge is 0.464 e. The minimum atomic E-state index is -0.256. The van der Waals surface area contributed by atoms with Crippen molar-refractivity contribution < 1.29 is 13.6 Å². The first-order valence-electron chi connectivity index (χ1n) is 9.60. The van der Waals surface area contributed by atoms with Gasteiger partial charge in [-0.3, -0.25) is 4.79 Å². The molecule has 4 heteroatoms. The standard InChI is InChI=1S/C24H20FNO2/c1-15-6-7-17-12-19(25)9-10-21(17)26(15)23(27)13-18-14-28-22-11-8-16-4-2-3-5-20(16)24(18)22/h2-5,8-12,14-15H,6-7,13H2,1H3. The molecule has 1 aromatic heterocycles. The molecule has 0 saturated heterocycles. The quantitative estimate of drug-likeness (QED) is 0.456. The molecule has 1 amide bonds. The number of amides is 1. The second-order valence-electron chi connectivity index (χ2n) is 7.52. The van der Waals surface area contributed by atoms with E-state index in [9.17, 15) is 9.18 Å². The molecule has 0 bridgehead atoms.